The molecule has 0 radical (unpaired) electrons. The Morgan fingerprint density at radius 2 is 1.75 bits per heavy atom. The molecule has 1 atom stereocenters. The summed E-state index contributed by atoms with van der Waals surface area (Å²) in [5.41, 5.74) is 0. The van der Waals surface area contributed by atoms with Crippen molar-refractivity contribution in [2.45, 2.75) is 76.8 Å². The summed E-state index contributed by atoms with van der Waals surface area (Å²) in [5, 5.41) is 0. The Morgan fingerprint density at radius 1 is 1.08 bits per heavy atom. The van der Waals surface area contributed by atoms with Crippen molar-refractivity contribution in [2.24, 2.45) is 5.92 Å². The van der Waals surface area contributed by atoms with Gasteiger partial charge in [0.1, 0.15) is 6.04 Å². The molecule has 0 unspecified atom stereocenters. The smallest absolute Gasteiger partial charge is 0.376 e. The lowest BCUT2D eigenvalue weighted by Gasteiger charge is -2.40. The van der Waals surface area contributed by atoms with Crippen LogP contribution in [0.4, 0.5) is 13.2 Å². The summed E-state index contributed by atoms with van der Waals surface area (Å²) < 4.78 is 44.9. The first kappa shape index (κ1) is 20.0. The van der Waals surface area contributed by atoms with E-state index in [9.17, 15) is 13.2 Å². The van der Waals surface area contributed by atoms with Gasteiger partial charge in [-0.05, 0) is 71.9 Å². The topological polar surface area (TPSA) is 15.7 Å². The monoisotopic (exact) mass is 350 g/mol. The zero-order valence-electron chi connectivity index (χ0n) is 15.3. The van der Waals surface area contributed by atoms with E-state index in [1.54, 1.807) is 7.05 Å². The van der Waals surface area contributed by atoms with Gasteiger partial charge in [-0.15, -0.1) is 0 Å². The maximum absolute atomic E-state index is 13.0. The third kappa shape index (κ3) is 6.19. The van der Waals surface area contributed by atoms with E-state index < -0.39 is 12.2 Å². The second kappa shape index (κ2) is 8.86. The van der Waals surface area contributed by atoms with Crippen LogP contribution in [0.25, 0.3) is 0 Å². The number of piperazine rings is 1. The summed E-state index contributed by atoms with van der Waals surface area (Å²) in [7, 11) is 1.58. The van der Waals surface area contributed by atoms with Gasteiger partial charge < -0.3 is 9.64 Å². The van der Waals surface area contributed by atoms with E-state index in [0.717, 1.165) is 44.7 Å². The van der Waals surface area contributed by atoms with Gasteiger partial charge in [0.05, 0.1) is 12.2 Å². The van der Waals surface area contributed by atoms with Crippen LogP contribution < -0.4 is 0 Å². The maximum Gasteiger partial charge on any atom is 0.405 e. The molecule has 2 rings (SSSR count). The molecule has 0 aromatic heterocycles. The molecule has 0 aromatic carbocycles. The predicted molar refractivity (Wildman–Crippen MR) is 90.1 cm³/mol. The highest BCUT2D eigenvalue weighted by Crippen LogP contribution is 2.31. The number of likely N-dealkylation sites (N-methyl/N-ethyl adjacent to an activating group) is 1. The van der Waals surface area contributed by atoms with Gasteiger partial charge in [0, 0.05) is 19.6 Å². The summed E-state index contributed by atoms with van der Waals surface area (Å²) in [6, 6.07) is -1.31. The van der Waals surface area contributed by atoms with Crippen molar-refractivity contribution in [1.29, 1.82) is 0 Å². The number of alkyl halides is 3. The standard InChI is InChI=1S/C18H33F3N2O/c1-14(2)24-16-8-6-15(7-9-16)5-4-10-23-12-11-22(3)17(13-23)18(19,20)21/h14-17H,4-13H2,1-3H3/t15-,16-,17-/m1/s1. The molecule has 0 N–H and O–H groups in total. The van der Waals surface area contributed by atoms with Crippen molar-refractivity contribution in [3.8, 4) is 0 Å². The van der Waals surface area contributed by atoms with E-state index >= 15 is 0 Å². The largest absolute Gasteiger partial charge is 0.405 e. The molecule has 3 nitrogen and oxygen atoms in total. The Bertz CT molecular complexity index is 368. The minimum Gasteiger partial charge on any atom is -0.376 e. The van der Waals surface area contributed by atoms with Gasteiger partial charge in [0.25, 0.3) is 0 Å². The summed E-state index contributed by atoms with van der Waals surface area (Å²) in [6.07, 6.45) is 3.39. The van der Waals surface area contributed by atoms with Crippen LogP contribution in [0.1, 0.15) is 52.4 Å². The molecule has 0 bridgehead atoms. The lowest BCUT2D eigenvalue weighted by molar-refractivity contribution is -0.193. The van der Waals surface area contributed by atoms with Gasteiger partial charge in [-0.1, -0.05) is 0 Å². The van der Waals surface area contributed by atoms with Crippen LogP contribution in [0, 0.1) is 5.92 Å². The zero-order chi connectivity index (χ0) is 17.7. The van der Waals surface area contributed by atoms with Crippen LogP contribution in [0.15, 0.2) is 0 Å². The molecule has 142 valence electrons. The molecular formula is C18H33F3N2O. The van der Waals surface area contributed by atoms with E-state index in [1.165, 1.54) is 17.7 Å². The summed E-state index contributed by atoms with van der Waals surface area (Å²) in [6.45, 7) is 6.32. The average molecular weight is 350 g/mol. The first-order chi connectivity index (χ1) is 11.3. The number of halogens is 3. The normalized spacial score (nSPS) is 30.9. The average Bonchev–Trinajstić information content (AvgIpc) is 2.49. The van der Waals surface area contributed by atoms with Crippen molar-refractivity contribution < 1.29 is 17.9 Å². The van der Waals surface area contributed by atoms with Crippen molar-refractivity contribution in [1.82, 2.24) is 9.80 Å². The molecule has 1 saturated carbocycles. The van der Waals surface area contributed by atoms with E-state index in [4.69, 9.17) is 4.74 Å². The number of ether oxygens (including phenoxy) is 1. The van der Waals surface area contributed by atoms with E-state index in [1.807, 2.05) is 4.90 Å². The highest BCUT2D eigenvalue weighted by molar-refractivity contribution is 4.85. The summed E-state index contributed by atoms with van der Waals surface area (Å²) in [4.78, 5) is 3.43. The molecule has 1 aliphatic heterocycles. The third-order valence-corrected chi connectivity index (χ3v) is 5.46. The SMILES string of the molecule is CC(C)O[C@H]1CC[C@H](CCCN2CCN(C)[C@@H](C(F)(F)F)C2)CC1. The molecule has 2 fully saturated rings. The van der Waals surface area contributed by atoms with Crippen LogP contribution in [-0.4, -0.2) is 67.5 Å². The van der Waals surface area contributed by atoms with Gasteiger partial charge in [0.2, 0.25) is 0 Å². The molecule has 0 spiro atoms. The molecule has 2 aliphatic rings. The second-order valence-electron chi connectivity index (χ2n) is 7.81. The molecule has 0 amide bonds. The van der Waals surface area contributed by atoms with Crippen molar-refractivity contribution in [2.75, 3.05) is 33.2 Å². The molecule has 1 aliphatic carbocycles. The van der Waals surface area contributed by atoms with Crippen molar-refractivity contribution in [3.63, 3.8) is 0 Å². The summed E-state index contributed by atoms with van der Waals surface area (Å²) in [5.74, 6) is 0.725. The van der Waals surface area contributed by atoms with Crippen LogP contribution >= 0.6 is 0 Å². The number of hydrogen-bond acceptors (Lipinski definition) is 3. The Labute approximate surface area is 144 Å². The molecule has 1 heterocycles. The first-order valence-electron chi connectivity index (χ1n) is 9.40. The molecule has 1 saturated heterocycles. The minimum absolute atomic E-state index is 0.120. The Morgan fingerprint density at radius 3 is 2.33 bits per heavy atom. The number of rotatable bonds is 6. The van der Waals surface area contributed by atoms with E-state index in [-0.39, 0.29) is 6.54 Å². The van der Waals surface area contributed by atoms with Crippen molar-refractivity contribution >= 4 is 0 Å². The van der Waals surface area contributed by atoms with Gasteiger partial charge >= 0.3 is 6.18 Å². The van der Waals surface area contributed by atoms with Gasteiger partial charge in [-0.3, -0.25) is 4.90 Å². The zero-order valence-corrected chi connectivity index (χ0v) is 15.3. The third-order valence-electron chi connectivity index (χ3n) is 5.46. The first-order valence-corrected chi connectivity index (χ1v) is 9.40. The van der Waals surface area contributed by atoms with E-state index in [2.05, 4.69) is 13.8 Å². The molecule has 6 heteroatoms. The van der Waals surface area contributed by atoms with Gasteiger partial charge in [-0.25, -0.2) is 0 Å². The van der Waals surface area contributed by atoms with Gasteiger partial charge in [-0.2, -0.15) is 13.2 Å². The quantitative estimate of drug-likeness (QED) is 0.722. The predicted octanol–water partition coefficient (Wildman–Crippen LogP) is 3.93. The Balaban J connectivity index is 1.64. The fraction of sp³-hybridized carbons (Fsp3) is 1.00. The van der Waals surface area contributed by atoms with Crippen molar-refractivity contribution in [3.05, 3.63) is 0 Å². The van der Waals surface area contributed by atoms with Crippen LogP contribution in [0.2, 0.25) is 0 Å². The number of hydrogen-bond donors (Lipinski definition) is 0. The van der Waals surface area contributed by atoms with Crippen LogP contribution in [0.5, 0.6) is 0 Å². The van der Waals surface area contributed by atoms with Crippen LogP contribution in [-0.2, 0) is 4.74 Å². The fourth-order valence-corrected chi connectivity index (χ4v) is 4.03. The Hall–Kier alpha value is -0.330. The molecule has 0 aromatic rings. The Kier molecular flexibility index (Phi) is 7.38. The highest BCUT2D eigenvalue weighted by atomic mass is 19.4. The minimum atomic E-state index is -4.12. The van der Waals surface area contributed by atoms with E-state index in [0.29, 0.717) is 18.8 Å². The van der Waals surface area contributed by atoms with Gasteiger partial charge in [0.15, 0.2) is 0 Å². The highest BCUT2D eigenvalue weighted by Gasteiger charge is 2.44. The lowest BCUT2D eigenvalue weighted by Crippen LogP contribution is -2.57. The molecule has 24 heavy (non-hydrogen) atoms. The van der Waals surface area contributed by atoms with Crippen LogP contribution in [0.3, 0.4) is 0 Å². The summed E-state index contributed by atoms with van der Waals surface area (Å²) >= 11 is 0. The second-order valence-corrected chi connectivity index (χ2v) is 7.81. The maximum atomic E-state index is 13.0. The molecular weight excluding hydrogens is 317 g/mol. The fourth-order valence-electron chi connectivity index (χ4n) is 4.03. The lowest BCUT2D eigenvalue weighted by atomic mass is 9.84. The number of nitrogens with zero attached hydrogens (tertiary/aromatic N) is 2.